The van der Waals surface area contributed by atoms with Crippen LogP contribution in [0, 0.1) is 0 Å². The van der Waals surface area contributed by atoms with Crippen molar-refractivity contribution in [3.8, 4) is 0 Å². The van der Waals surface area contributed by atoms with Gasteiger partial charge in [0.05, 0.1) is 11.0 Å². The summed E-state index contributed by atoms with van der Waals surface area (Å²) in [4.78, 5) is 39.8. The van der Waals surface area contributed by atoms with Gasteiger partial charge in [-0.3, -0.25) is 9.59 Å². The van der Waals surface area contributed by atoms with E-state index in [2.05, 4.69) is 30.0 Å². The van der Waals surface area contributed by atoms with Crippen LogP contribution in [0.15, 0.2) is 35.4 Å². The Bertz CT molecular complexity index is 959. The van der Waals surface area contributed by atoms with Gasteiger partial charge in [0.15, 0.2) is 0 Å². The molecule has 0 aliphatic carbocycles. The molecule has 134 valence electrons. The number of amides is 1. The molecule has 2 N–H and O–H groups in total. The molecule has 2 aromatic heterocycles. The van der Waals surface area contributed by atoms with E-state index in [4.69, 9.17) is 0 Å². The van der Waals surface area contributed by atoms with E-state index in [0.717, 1.165) is 11.5 Å². The number of hydrogen-bond acceptors (Lipinski definition) is 6. The Labute approximate surface area is 149 Å². The summed E-state index contributed by atoms with van der Waals surface area (Å²) in [5.41, 5.74) is 1.61. The third-order valence-corrected chi connectivity index (χ3v) is 4.58. The van der Waals surface area contributed by atoms with E-state index in [9.17, 15) is 9.59 Å². The third kappa shape index (κ3) is 3.28. The van der Waals surface area contributed by atoms with Gasteiger partial charge in [-0.2, -0.15) is 10.1 Å². The predicted molar refractivity (Wildman–Crippen MR) is 95.9 cm³/mol. The van der Waals surface area contributed by atoms with E-state index in [0.29, 0.717) is 43.8 Å². The number of aromatic amines is 2. The Balaban J connectivity index is 1.36. The summed E-state index contributed by atoms with van der Waals surface area (Å²) in [5, 5.41) is 6.68. The molecular formula is C17H19N7O2. The Morgan fingerprint density at radius 3 is 2.73 bits per heavy atom. The van der Waals surface area contributed by atoms with E-state index < -0.39 is 0 Å². The molecule has 0 bridgehead atoms. The first-order valence-electron chi connectivity index (χ1n) is 8.57. The number of carbonyl (C=O) groups excluding carboxylic acids is 1. The number of H-pyrrole nitrogens is 2. The molecule has 0 spiro atoms. The van der Waals surface area contributed by atoms with E-state index in [1.165, 1.54) is 6.33 Å². The summed E-state index contributed by atoms with van der Waals surface area (Å²) in [6.45, 7) is 2.66. The molecule has 0 saturated carbocycles. The highest BCUT2D eigenvalue weighted by Gasteiger charge is 2.22. The number of para-hydroxylation sites is 2. The summed E-state index contributed by atoms with van der Waals surface area (Å²) in [6, 6.07) is 7.38. The van der Waals surface area contributed by atoms with E-state index >= 15 is 0 Å². The molecule has 26 heavy (non-hydrogen) atoms. The molecule has 1 aromatic carbocycles. The maximum Gasteiger partial charge on any atom is 0.270 e. The molecular weight excluding hydrogens is 334 g/mol. The second kappa shape index (κ2) is 6.95. The summed E-state index contributed by atoms with van der Waals surface area (Å²) in [5.74, 6) is 0.764. The van der Waals surface area contributed by atoms with Gasteiger partial charge in [0, 0.05) is 39.0 Å². The molecule has 3 aromatic rings. The number of fused-ring (bicyclic) bond motifs is 1. The lowest BCUT2D eigenvalue weighted by molar-refractivity contribution is -0.131. The normalized spacial score (nSPS) is 14.8. The van der Waals surface area contributed by atoms with Crippen molar-refractivity contribution in [3.05, 3.63) is 46.6 Å². The quantitative estimate of drug-likeness (QED) is 0.699. The maximum absolute atomic E-state index is 12.5. The fourth-order valence-corrected chi connectivity index (χ4v) is 3.14. The van der Waals surface area contributed by atoms with Crippen LogP contribution in [0.3, 0.4) is 0 Å². The number of anilines is 1. The number of rotatable bonds is 4. The van der Waals surface area contributed by atoms with Crippen LogP contribution in [-0.4, -0.2) is 62.1 Å². The highest BCUT2D eigenvalue weighted by molar-refractivity contribution is 5.77. The molecule has 1 aliphatic rings. The molecule has 9 heteroatoms. The minimum atomic E-state index is -0.230. The van der Waals surface area contributed by atoms with Crippen molar-refractivity contribution in [1.29, 1.82) is 0 Å². The van der Waals surface area contributed by atoms with Crippen LogP contribution in [0.1, 0.15) is 12.1 Å². The molecule has 1 saturated heterocycles. The number of hydrogen-bond donors (Lipinski definition) is 2. The lowest BCUT2D eigenvalue weighted by Gasteiger charge is -2.34. The van der Waals surface area contributed by atoms with Crippen molar-refractivity contribution in [2.75, 3.05) is 31.1 Å². The monoisotopic (exact) mass is 353 g/mol. The van der Waals surface area contributed by atoms with Crippen molar-refractivity contribution >= 4 is 22.9 Å². The lowest BCUT2D eigenvalue weighted by atomic mass is 10.2. The molecule has 3 heterocycles. The number of piperazine rings is 1. The zero-order chi connectivity index (χ0) is 17.9. The van der Waals surface area contributed by atoms with Gasteiger partial charge in [-0.1, -0.05) is 12.1 Å². The fourth-order valence-electron chi connectivity index (χ4n) is 3.14. The van der Waals surface area contributed by atoms with Crippen molar-refractivity contribution in [1.82, 2.24) is 30.0 Å². The highest BCUT2D eigenvalue weighted by Crippen LogP contribution is 2.11. The van der Waals surface area contributed by atoms with Crippen LogP contribution in [-0.2, 0) is 11.2 Å². The molecule has 0 unspecified atom stereocenters. The largest absolute Gasteiger partial charge is 0.339 e. The van der Waals surface area contributed by atoms with Crippen LogP contribution >= 0.6 is 0 Å². The van der Waals surface area contributed by atoms with Crippen LogP contribution in [0.2, 0.25) is 0 Å². The van der Waals surface area contributed by atoms with Gasteiger partial charge in [0.25, 0.3) is 5.56 Å². The molecule has 4 rings (SSSR count). The zero-order valence-electron chi connectivity index (χ0n) is 14.2. The first kappa shape index (κ1) is 16.2. The molecule has 1 fully saturated rings. The SMILES string of the molecule is O=C(CCc1nc2ccccc2[nH]c1=O)N1CCN(c2ncn[nH]2)CC1. The Morgan fingerprint density at radius 1 is 1.15 bits per heavy atom. The third-order valence-electron chi connectivity index (χ3n) is 4.58. The van der Waals surface area contributed by atoms with Gasteiger partial charge in [-0.15, -0.1) is 0 Å². The molecule has 0 radical (unpaired) electrons. The van der Waals surface area contributed by atoms with Gasteiger partial charge in [-0.25, -0.2) is 10.1 Å². The average Bonchev–Trinajstić information content (AvgIpc) is 3.21. The average molecular weight is 353 g/mol. The van der Waals surface area contributed by atoms with E-state index in [-0.39, 0.29) is 17.9 Å². The number of benzene rings is 1. The molecule has 0 atom stereocenters. The van der Waals surface area contributed by atoms with Crippen molar-refractivity contribution < 1.29 is 4.79 Å². The summed E-state index contributed by atoms with van der Waals surface area (Å²) >= 11 is 0. The van der Waals surface area contributed by atoms with Crippen LogP contribution < -0.4 is 10.5 Å². The molecule has 1 aliphatic heterocycles. The zero-order valence-corrected chi connectivity index (χ0v) is 14.2. The van der Waals surface area contributed by atoms with Gasteiger partial charge in [0.2, 0.25) is 11.9 Å². The van der Waals surface area contributed by atoms with Gasteiger partial charge >= 0.3 is 0 Å². The smallest absolute Gasteiger partial charge is 0.270 e. The minimum Gasteiger partial charge on any atom is -0.339 e. The summed E-state index contributed by atoms with van der Waals surface area (Å²) in [6.07, 6.45) is 2.08. The topological polar surface area (TPSA) is 111 Å². The highest BCUT2D eigenvalue weighted by atomic mass is 16.2. The lowest BCUT2D eigenvalue weighted by Crippen LogP contribution is -2.49. The number of aryl methyl sites for hydroxylation is 1. The van der Waals surface area contributed by atoms with Crippen LogP contribution in [0.4, 0.5) is 5.95 Å². The summed E-state index contributed by atoms with van der Waals surface area (Å²) < 4.78 is 0. The van der Waals surface area contributed by atoms with E-state index in [1.54, 1.807) is 0 Å². The Kier molecular flexibility index (Phi) is 4.34. The van der Waals surface area contributed by atoms with Crippen molar-refractivity contribution in [2.45, 2.75) is 12.8 Å². The van der Waals surface area contributed by atoms with Gasteiger partial charge < -0.3 is 14.8 Å². The second-order valence-corrected chi connectivity index (χ2v) is 6.21. The minimum absolute atomic E-state index is 0.0385. The number of nitrogens with one attached hydrogen (secondary N) is 2. The van der Waals surface area contributed by atoms with Gasteiger partial charge in [0.1, 0.15) is 12.0 Å². The maximum atomic E-state index is 12.5. The molecule has 1 amide bonds. The predicted octanol–water partition coefficient (Wildman–Crippen LogP) is 0.323. The van der Waals surface area contributed by atoms with Crippen molar-refractivity contribution in [2.24, 2.45) is 0 Å². The molecule has 9 nitrogen and oxygen atoms in total. The summed E-state index contributed by atoms with van der Waals surface area (Å²) in [7, 11) is 0. The van der Waals surface area contributed by atoms with Crippen molar-refractivity contribution in [3.63, 3.8) is 0 Å². The Hall–Kier alpha value is -3.23. The first-order valence-corrected chi connectivity index (χ1v) is 8.57. The number of carbonyl (C=O) groups is 1. The van der Waals surface area contributed by atoms with E-state index in [1.807, 2.05) is 29.2 Å². The number of nitrogens with zero attached hydrogens (tertiary/aromatic N) is 5. The first-order chi connectivity index (χ1) is 12.7. The Morgan fingerprint density at radius 2 is 1.96 bits per heavy atom. The fraction of sp³-hybridized carbons (Fsp3) is 0.353. The number of aromatic nitrogens is 5. The second-order valence-electron chi connectivity index (χ2n) is 6.21. The van der Waals surface area contributed by atoms with Crippen LogP contribution in [0.5, 0.6) is 0 Å². The standard InChI is InChI=1S/C17H19N7O2/c25-15(23-7-9-24(10-8-23)17-18-11-19-22-17)6-5-14-16(26)21-13-4-2-1-3-12(13)20-14/h1-4,11H,5-10H2,(H,21,26)(H,18,19,22). The van der Waals surface area contributed by atoms with Crippen LogP contribution in [0.25, 0.3) is 11.0 Å². The van der Waals surface area contributed by atoms with Gasteiger partial charge in [-0.05, 0) is 12.1 Å².